The average molecular weight is 320 g/mol. The third-order valence-corrected chi connectivity index (χ3v) is 4.52. The van der Waals surface area contributed by atoms with Crippen molar-refractivity contribution in [2.24, 2.45) is 5.92 Å². The fourth-order valence-corrected chi connectivity index (χ4v) is 3.00. The van der Waals surface area contributed by atoms with Gasteiger partial charge in [0.2, 0.25) is 0 Å². The minimum absolute atomic E-state index is 0.00793. The second-order valence-electron chi connectivity index (χ2n) is 6.68. The number of ether oxygens (including phenoxy) is 1. The van der Waals surface area contributed by atoms with Gasteiger partial charge in [0.15, 0.2) is 6.04 Å². The number of nitrogens with one attached hydrogen (secondary N) is 2. The zero-order valence-electron chi connectivity index (χ0n) is 14.8. The van der Waals surface area contributed by atoms with Crippen molar-refractivity contribution in [1.29, 1.82) is 0 Å². The number of para-hydroxylation sites is 2. The van der Waals surface area contributed by atoms with Crippen LogP contribution in [0.25, 0.3) is 0 Å². The Kier molecular flexibility index (Phi) is 6.28. The Morgan fingerprint density at radius 3 is 2.52 bits per heavy atom. The van der Waals surface area contributed by atoms with E-state index in [0.717, 1.165) is 44.2 Å². The molecule has 1 aromatic rings. The van der Waals surface area contributed by atoms with Crippen molar-refractivity contribution < 1.29 is 14.4 Å². The molecule has 1 aliphatic rings. The van der Waals surface area contributed by atoms with Crippen molar-refractivity contribution >= 4 is 11.6 Å². The third kappa shape index (κ3) is 4.61. The van der Waals surface area contributed by atoms with Crippen LogP contribution in [0.4, 0.5) is 5.69 Å². The number of amides is 1. The summed E-state index contributed by atoms with van der Waals surface area (Å²) in [7, 11) is 1.71. The maximum absolute atomic E-state index is 12.2. The van der Waals surface area contributed by atoms with Crippen LogP contribution < -0.4 is 19.9 Å². The molecule has 0 aliphatic carbocycles. The third-order valence-electron chi connectivity index (χ3n) is 4.52. The Labute approximate surface area is 139 Å². The maximum Gasteiger partial charge on any atom is 0.278 e. The molecule has 1 heterocycles. The number of benzene rings is 1. The van der Waals surface area contributed by atoms with E-state index in [9.17, 15) is 4.79 Å². The first kappa shape index (κ1) is 17.6. The normalized spacial score (nSPS) is 17.2. The van der Waals surface area contributed by atoms with E-state index in [2.05, 4.69) is 30.1 Å². The quantitative estimate of drug-likeness (QED) is 0.805. The molecule has 128 valence electrons. The van der Waals surface area contributed by atoms with Crippen molar-refractivity contribution in [3.05, 3.63) is 24.3 Å². The number of hydrogen-bond donors (Lipinski definition) is 2. The van der Waals surface area contributed by atoms with Gasteiger partial charge in [-0.25, -0.2) is 0 Å². The van der Waals surface area contributed by atoms with Crippen LogP contribution in [0.1, 0.15) is 20.8 Å². The van der Waals surface area contributed by atoms with Crippen LogP contribution in [0.5, 0.6) is 5.75 Å². The Balaban J connectivity index is 1.89. The van der Waals surface area contributed by atoms with Gasteiger partial charge in [-0.1, -0.05) is 26.0 Å². The van der Waals surface area contributed by atoms with Gasteiger partial charge in [-0.05, 0) is 25.0 Å². The van der Waals surface area contributed by atoms with Crippen LogP contribution >= 0.6 is 0 Å². The molecule has 1 atom stereocenters. The molecule has 1 fully saturated rings. The van der Waals surface area contributed by atoms with Gasteiger partial charge in [0.25, 0.3) is 5.91 Å². The molecule has 5 heteroatoms. The number of quaternary nitrogens is 1. The van der Waals surface area contributed by atoms with E-state index < -0.39 is 0 Å². The maximum atomic E-state index is 12.2. The number of carbonyl (C=O) groups excluding carboxylic acids is 1. The van der Waals surface area contributed by atoms with Gasteiger partial charge in [0.1, 0.15) is 5.75 Å². The van der Waals surface area contributed by atoms with E-state index in [1.54, 1.807) is 7.11 Å². The van der Waals surface area contributed by atoms with Crippen molar-refractivity contribution in [1.82, 2.24) is 5.32 Å². The summed E-state index contributed by atoms with van der Waals surface area (Å²) >= 11 is 0. The highest BCUT2D eigenvalue weighted by Gasteiger charge is 2.29. The number of piperazine rings is 1. The summed E-state index contributed by atoms with van der Waals surface area (Å²) in [4.78, 5) is 15.9. The molecule has 0 aromatic heterocycles. The number of hydrogen-bond acceptors (Lipinski definition) is 3. The molecule has 0 unspecified atom stereocenters. The molecule has 0 spiro atoms. The van der Waals surface area contributed by atoms with Crippen LogP contribution in [0.3, 0.4) is 0 Å². The second-order valence-corrected chi connectivity index (χ2v) is 6.68. The Hall–Kier alpha value is -1.75. The van der Waals surface area contributed by atoms with E-state index >= 15 is 0 Å². The largest absolute Gasteiger partial charge is 0.495 e. The van der Waals surface area contributed by atoms with Gasteiger partial charge in [0, 0.05) is 6.54 Å². The van der Waals surface area contributed by atoms with E-state index in [0.29, 0.717) is 5.92 Å². The first-order valence-corrected chi connectivity index (χ1v) is 8.53. The molecule has 1 amide bonds. The Morgan fingerprint density at radius 2 is 1.91 bits per heavy atom. The number of rotatable bonds is 6. The number of anilines is 1. The van der Waals surface area contributed by atoms with Gasteiger partial charge in [-0.15, -0.1) is 0 Å². The van der Waals surface area contributed by atoms with Crippen molar-refractivity contribution in [2.45, 2.75) is 26.8 Å². The number of methoxy groups -OCH3 is 1. The molecular weight excluding hydrogens is 290 g/mol. The molecule has 2 rings (SSSR count). The van der Waals surface area contributed by atoms with Gasteiger partial charge >= 0.3 is 0 Å². The molecule has 0 bridgehead atoms. The molecule has 5 nitrogen and oxygen atoms in total. The summed E-state index contributed by atoms with van der Waals surface area (Å²) in [6.07, 6.45) is 0. The lowest BCUT2D eigenvalue weighted by Gasteiger charge is -2.36. The van der Waals surface area contributed by atoms with Gasteiger partial charge in [0.05, 0.1) is 39.0 Å². The van der Waals surface area contributed by atoms with E-state index in [1.165, 1.54) is 4.90 Å². The molecule has 1 aromatic carbocycles. The predicted molar refractivity (Wildman–Crippen MR) is 93.2 cm³/mol. The average Bonchev–Trinajstić information content (AvgIpc) is 2.59. The van der Waals surface area contributed by atoms with Gasteiger partial charge < -0.3 is 19.9 Å². The smallest absolute Gasteiger partial charge is 0.278 e. The molecule has 2 N–H and O–H groups in total. The summed E-state index contributed by atoms with van der Waals surface area (Å²) in [5, 5.41) is 3.05. The van der Waals surface area contributed by atoms with E-state index in [4.69, 9.17) is 4.74 Å². The Morgan fingerprint density at radius 1 is 1.26 bits per heavy atom. The van der Waals surface area contributed by atoms with Crippen molar-refractivity contribution in [3.63, 3.8) is 0 Å². The van der Waals surface area contributed by atoms with Crippen molar-refractivity contribution in [3.8, 4) is 5.75 Å². The molecule has 1 aliphatic heterocycles. The molecule has 1 saturated heterocycles. The van der Waals surface area contributed by atoms with E-state index in [-0.39, 0.29) is 11.9 Å². The molecule has 0 saturated carbocycles. The minimum Gasteiger partial charge on any atom is -0.495 e. The van der Waals surface area contributed by atoms with Gasteiger partial charge in [-0.3, -0.25) is 4.79 Å². The van der Waals surface area contributed by atoms with Crippen LogP contribution in [-0.4, -0.2) is 51.8 Å². The summed E-state index contributed by atoms with van der Waals surface area (Å²) in [5.41, 5.74) is 1.14. The lowest BCUT2D eigenvalue weighted by Crippen LogP contribution is -3.19. The predicted octanol–water partition coefficient (Wildman–Crippen LogP) is 0.561. The summed E-state index contributed by atoms with van der Waals surface area (Å²) in [6.45, 7) is 10.8. The fourth-order valence-electron chi connectivity index (χ4n) is 3.00. The topological polar surface area (TPSA) is 46.0 Å². The zero-order chi connectivity index (χ0) is 16.8. The highest BCUT2D eigenvalue weighted by Crippen LogP contribution is 2.27. The first-order chi connectivity index (χ1) is 11.0. The molecular formula is C18H30N3O2+. The second kappa shape index (κ2) is 8.20. The number of carbonyl (C=O) groups is 1. The lowest BCUT2D eigenvalue weighted by atomic mass is 10.1. The summed E-state index contributed by atoms with van der Waals surface area (Å²) in [5.74, 6) is 1.57. The van der Waals surface area contributed by atoms with Crippen LogP contribution in [-0.2, 0) is 4.79 Å². The summed E-state index contributed by atoms with van der Waals surface area (Å²) in [6, 6.07) is 8.14. The monoisotopic (exact) mass is 320 g/mol. The zero-order valence-corrected chi connectivity index (χ0v) is 14.8. The van der Waals surface area contributed by atoms with Crippen LogP contribution in [0.2, 0.25) is 0 Å². The highest BCUT2D eigenvalue weighted by molar-refractivity contribution is 5.79. The van der Waals surface area contributed by atoms with E-state index in [1.807, 2.05) is 25.1 Å². The van der Waals surface area contributed by atoms with Gasteiger partial charge in [-0.2, -0.15) is 0 Å². The Bertz CT molecular complexity index is 511. The first-order valence-electron chi connectivity index (χ1n) is 8.53. The molecule has 23 heavy (non-hydrogen) atoms. The van der Waals surface area contributed by atoms with Crippen molar-refractivity contribution in [2.75, 3.05) is 44.7 Å². The van der Waals surface area contributed by atoms with Crippen LogP contribution in [0, 0.1) is 5.92 Å². The summed E-state index contributed by atoms with van der Waals surface area (Å²) < 4.78 is 5.45. The SMILES string of the molecule is COc1ccccc1N1CC[NH+]([C@H](C)C(=O)NCC(C)C)CC1. The lowest BCUT2D eigenvalue weighted by molar-refractivity contribution is -0.914. The minimum atomic E-state index is 0.00793. The number of nitrogens with zero attached hydrogens (tertiary/aromatic N) is 1. The highest BCUT2D eigenvalue weighted by atomic mass is 16.5. The standard InChI is InChI=1S/C18H29N3O2/c1-14(2)13-19-18(22)15(3)20-9-11-21(12-10-20)16-7-5-6-8-17(16)23-4/h5-8,14-15H,9-13H2,1-4H3,(H,19,22)/p+1/t15-/m1/s1. The van der Waals surface area contributed by atoms with Crippen LogP contribution in [0.15, 0.2) is 24.3 Å². The fraction of sp³-hybridized carbons (Fsp3) is 0.611. The molecule has 0 radical (unpaired) electrons.